The second-order valence-electron chi connectivity index (χ2n) is 2.54. The molecular weight excluding hydrogens is 116 g/mol. The van der Waals surface area contributed by atoms with E-state index < -0.39 is 0 Å². The number of hydrogen-bond acceptors (Lipinski definition) is 2. The average Bonchev–Trinajstić information content (AvgIpc) is 1.80. The Kier molecular flexibility index (Phi) is 1.60. The average molecular weight is 126 g/mol. The Bertz CT molecular complexity index is 153. The first-order valence-corrected chi connectivity index (χ1v) is 3.15. The molecule has 0 aromatic carbocycles. The molecule has 1 rings (SSSR count). The summed E-state index contributed by atoms with van der Waals surface area (Å²) in [5.74, 6) is 0.00519. The second-order valence-corrected chi connectivity index (χ2v) is 2.54. The number of hydrogen-bond donors (Lipinski definition) is 0. The number of carbonyl (C=O) groups is 1. The van der Waals surface area contributed by atoms with Crippen LogP contribution in [0.25, 0.3) is 0 Å². The highest BCUT2D eigenvalue weighted by Crippen LogP contribution is 2.15. The van der Waals surface area contributed by atoms with Crippen LogP contribution < -0.4 is 0 Å². The molecule has 0 aromatic heterocycles. The van der Waals surface area contributed by atoms with Crippen molar-refractivity contribution < 1.29 is 4.79 Å². The van der Waals surface area contributed by atoms with Gasteiger partial charge in [0, 0.05) is 5.92 Å². The molecule has 0 saturated heterocycles. The van der Waals surface area contributed by atoms with E-state index in [2.05, 4.69) is 10.2 Å². The zero-order chi connectivity index (χ0) is 6.85. The monoisotopic (exact) mass is 126 g/mol. The molecule has 0 fully saturated rings. The maximum atomic E-state index is 10.7. The molecule has 3 heteroatoms. The van der Waals surface area contributed by atoms with Gasteiger partial charge in [-0.2, -0.15) is 5.11 Å². The van der Waals surface area contributed by atoms with E-state index in [1.807, 2.05) is 13.8 Å². The quantitative estimate of drug-likeness (QED) is 0.483. The second kappa shape index (κ2) is 2.25. The molecule has 0 saturated carbocycles. The van der Waals surface area contributed by atoms with Crippen LogP contribution in [0.5, 0.6) is 0 Å². The first-order chi connectivity index (χ1) is 4.20. The van der Waals surface area contributed by atoms with Crippen LogP contribution in [0.15, 0.2) is 10.2 Å². The number of azo groups is 1. The van der Waals surface area contributed by atoms with E-state index in [0.29, 0.717) is 0 Å². The van der Waals surface area contributed by atoms with Crippen molar-refractivity contribution in [1.82, 2.24) is 0 Å². The highest BCUT2D eigenvalue weighted by atomic mass is 16.2. The molecule has 1 aliphatic heterocycles. The molecule has 1 unspecified atom stereocenters. The summed E-state index contributed by atoms with van der Waals surface area (Å²) in [4.78, 5) is 10.7. The van der Waals surface area contributed by atoms with Crippen molar-refractivity contribution in [3.63, 3.8) is 0 Å². The van der Waals surface area contributed by atoms with Crippen molar-refractivity contribution in [1.29, 1.82) is 0 Å². The van der Waals surface area contributed by atoms with Gasteiger partial charge >= 0.3 is 0 Å². The third kappa shape index (κ3) is 1.34. The molecule has 1 heterocycles. The number of amides is 1. The molecule has 3 nitrogen and oxygen atoms in total. The first-order valence-electron chi connectivity index (χ1n) is 3.15. The summed E-state index contributed by atoms with van der Waals surface area (Å²) < 4.78 is 0. The van der Waals surface area contributed by atoms with Crippen LogP contribution in [0.3, 0.4) is 0 Å². The molecule has 0 N–H and O–H groups in total. The van der Waals surface area contributed by atoms with Crippen LogP contribution in [0.1, 0.15) is 20.3 Å². The topological polar surface area (TPSA) is 41.8 Å². The van der Waals surface area contributed by atoms with Gasteiger partial charge in [0.25, 0.3) is 5.91 Å². The van der Waals surface area contributed by atoms with E-state index in [9.17, 15) is 4.79 Å². The van der Waals surface area contributed by atoms with Gasteiger partial charge in [-0.25, -0.2) is 0 Å². The third-order valence-electron chi connectivity index (χ3n) is 1.47. The van der Waals surface area contributed by atoms with Gasteiger partial charge in [0.15, 0.2) is 0 Å². The molecule has 0 spiro atoms. The van der Waals surface area contributed by atoms with Gasteiger partial charge in [0.1, 0.15) is 0 Å². The molecule has 1 amide bonds. The Morgan fingerprint density at radius 2 is 2.22 bits per heavy atom. The minimum absolute atomic E-state index is 0.0758. The van der Waals surface area contributed by atoms with Crippen LogP contribution in [-0.4, -0.2) is 11.9 Å². The van der Waals surface area contributed by atoms with Crippen LogP contribution >= 0.6 is 0 Å². The van der Waals surface area contributed by atoms with Crippen molar-refractivity contribution >= 4 is 5.91 Å². The maximum absolute atomic E-state index is 10.7. The number of nitrogens with zero attached hydrogens (tertiary/aromatic N) is 2. The Balaban J connectivity index is 2.65. The Labute approximate surface area is 54.2 Å². The molecule has 0 bridgehead atoms. The number of rotatable bonds is 0. The summed E-state index contributed by atoms with van der Waals surface area (Å²) >= 11 is 0. The minimum atomic E-state index is -0.0758. The van der Waals surface area contributed by atoms with Gasteiger partial charge in [-0.1, -0.05) is 6.92 Å². The van der Waals surface area contributed by atoms with Crippen LogP contribution in [0.2, 0.25) is 0 Å². The summed E-state index contributed by atoms with van der Waals surface area (Å²) in [6, 6.07) is 0.234. The minimum Gasteiger partial charge on any atom is -0.271 e. The zero-order valence-corrected chi connectivity index (χ0v) is 5.66. The maximum Gasteiger partial charge on any atom is 0.267 e. The van der Waals surface area contributed by atoms with Crippen LogP contribution in [0, 0.1) is 5.92 Å². The molecule has 0 aromatic rings. The lowest BCUT2D eigenvalue weighted by atomic mass is 10.0. The highest BCUT2D eigenvalue weighted by Gasteiger charge is 2.19. The fraction of sp³-hybridized carbons (Fsp3) is 0.833. The van der Waals surface area contributed by atoms with E-state index in [-0.39, 0.29) is 17.9 Å². The van der Waals surface area contributed by atoms with E-state index in [1.54, 1.807) is 0 Å². The van der Waals surface area contributed by atoms with Crippen molar-refractivity contribution in [3.05, 3.63) is 0 Å². The molecule has 0 aliphatic carbocycles. The molecule has 50 valence electrons. The summed E-state index contributed by atoms with van der Waals surface area (Å²) in [6.07, 6.45) is 0.850. The standard InChI is InChI=1S/C6H10N2O/c1-4-3-5(2)7-8-6(4)9/h4-5H,3H2,1-2H3/t4-,5?/m0/s1. The van der Waals surface area contributed by atoms with Crippen LogP contribution in [0.4, 0.5) is 0 Å². The van der Waals surface area contributed by atoms with E-state index in [1.165, 1.54) is 0 Å². The lowest BCUT2D eigenvalue weighted by Gasteiger charge is -2.13. The Hall–Kier alpha value is -0.730. The summed E-state index contributed by atoms with van der Waals surface area (Å²) in [5.41, 5.74) is 0. The summed E-state index contributed by atoms with van der Waals surface area (Å²) in [7, 11) is 0. The fourth-order valence-electron chi connectivity index (χ4n) is 0.914. The fourth-order valence-corrected chi connectivity index (χ4v) is 0.914. The SMILES string of the molecule is CC1C[C@H](C)C(=O)N=N1. The highest BCUT2D eigenvalue weighted by molar-refractivity contribution is 5.79. The van der Waals surface area contributed by atoms with Gasteiger partial charge in [-0.05, 0) is 13.3 Å². The molecule has 0 radical (unpaired) electrons. The summed E-state index contributed by atoms with van der Waals surface area (Å²) in [6.45, 7) is 3.85. The predicted molar refractivity (Wildman–Crippen MR) is 33.1 cm³/mol. The van der Waals surface area contributed by atoms with Crippen molar-refractivity contribution in [2.24, 2.45) is 16.1 Å². The van der Waals surface area contributed by atoms with E-state index in [0.717, 1.165) is 6.42 Å². The van der Waals surface area contributed by atoms with Gasteiger partial charge in [-0.15, -0.1) is 5.11 Å². The lowest BCUT2D eigenvalue weighted by Crippen LogP contribution is -2.18. The lowest BCUT2D eigenvalue weighted by molar-refractivity contribution is -0.122. The molecule has 1 aliphatic rings. The molecule has 2 atom stereocenters. The van der Waals surface area contributed by atoms with Crippen molar-refractivity contribution in [3.8, 4) is 0 Å². The van der Waals surface area contributed by atoms with Crippen molar-refractivity contribution in [2.45, 2.75) is 26.3 Å². The van der Waals surface area contributed by atoms with E-state index >= 15 is 0 Å². The number of carbonyl (C=O) groups excluding carboxylic acids is 1. The van der Waals surface area contributed by atoms with Gasteiger partial charge in [-0.3, -0.25) is 4.79 Å². The molecule has 9 heavy (non-hydrogen) atoms. The molecular formula is C6H10N2O. The first kappa shape index (κ1) is 6.39. The summed E-state index contributed by atoms with van der Waals surface area (Å²) in [5, 5.41) is 7.21. The predicted octanol–water partition coefficient (Wildman–Crippen LogP) is 1.39. The van der Waals surface area contributed by atoms with Crippen molar-refractivity contribution in [2.75, 3.05) is 0 Å². The Morgan fingerprint density at radius 3 is 2.67 bits per heavy atom. The van der Waals surface area contributed by atoms with E-state index in [4.69, 9.17) is 0 Å². The zero-order valence-electron chi connectivity index (χ0n) is 5.66. The van der Waals surface area contributed by atoms with Gasteiger partial charge in [0.05, 0.1) is 6.04 Å². The Morgan fingerprint density at radius 1 is 1.56 bits per heavy atom. The largest absolute Gasteiger partial charge is 0.271 e. The van der Waals surface area contributed by atoms with Gasteiger partial charge < -0.3 is 0 Å². The third-order valence-corrected chi connectivity index (χ3v) is 1.47. The normalized spacial score (nSPS) is 35.1. The van der Waals surface area contributed by atoms with Gasteiger partial charge in [0.2, 0.25) is 0 Å². The smallest absolute Gasteiger partial charge is 0.267 e. The van der Waals surface area contributed by atoms with Crippen LogP contribution in [-0.2, 0) is 4.79 Å².